The van der Waals surface area contributed by atoms with Crippen LogP contribution in [0, 0.1) is 0 Å². The number of rotatable bonds is 3. The van der Waals surface area contributed by atoms with E-state index in [1.165, 1.54) is 0 Å². The Labute approximate surface area is 200 Å². The van der Waals surface area contributed by atoms with E-state index in [0.717, 1.165) is 22.5 Å². The summed E-state index contributed by atoms with van der Waals surface area (Å²) >= 11 is 11.4. The second-order valence-corrected chi connectivity index (χ2v) is 8.39. The van der Waals surface area contributed by atoms with Gasteiger partial charge in [-0.1, -0.05) is 29.8 Å². The van der Waals surface area contributed by atoms with E-state index < -0.39 is 0 Å². The van der Waals surface area contributed by atoms with Crippen LogP contribution in [0.25, 0.3) is 16.7 Å². The summed E-state index contributed by atoms with van der Waals surface area (Å²) in [5, 5.41) is 9.24. The molecule has 1 saturated heterocycles. The van der Waals surface area contributed by atoms with Crippen LogP contribution in [0.5, 0.6) is 0 Å². The van der Waals surface area contributed by atoms with Gasteiger partial charge in [0.15, 0.2) is 10.8 Å². The van der Waals surface area contributed by atoms with Crippen LogP contribution in [0.15, 0.2) is 67.1 Å². The van der Waals surface area contributed by atoms with Crippen molar-refractivity contribution >= 4 is 51.7 Å². The van der Waals surface area contributed by atoms with Crippen LogP contribution in [0.2, 0.25) is 5.02 Å². The molecule has 10 heteroatoms. The third kappa shape index (κ3) is 4.37. The molecule has 2 aromatic heterocycles. The maximum Gasteiger partial charge on any atom is 0.257 e. The molecule has 3 heterocycles. The van der Waals surface area contributed by atoms with Gasteiger partial charge in [-0.3, -0.25) is 10.1 Å². The highest BCUT2D eigenvalue weighted by Crippen LogP contribution is 2.25. The van der Waals surface area contributed by atoms with Crippen molar-refractivity contribution < 1.29 is 4.79 Å². The lowest BCUT2D eigenvalue weighted by molar-refractivity contribution is 0.0973. The van der Waals surface area contributed by atoms with Crippen LogP contribution in [0.1, 0.15) is 10.4 Å². The van der Waals surface area contributed by atoms with E-state index in [1.54, 1.807) is 36.8 Å². The van der Waals surface area contributed by atoms with Crippen LogP contribution in [0.3, 0.4) is 0 Å². The predicted molar refractivity (Wildman–Crippen MR) is 132 cm³/mol. The topological polar surface area (TPSA) is 79.2 Å². The number of amides is 1. The number of nitrogens with zero attached hydrogens (tertiary/aromatic N) is 6. The van der Waals surface area contributed by atoms with Crippen molar-refractivity contribution in [1.29, 1.82) is 0 Å². The second kappa shape index (κ2) is 9.13. The largest absolute Gasteiger partial charge is 0.352 e. The summed E-state index contributed by atoms with van der Waals surface area (Å²) in [6.45, 7) is 2.75. The number of anilines is 1. The first-order chi connectivity index (χ1) is 16.1. The highest BCUT2D eigenvalue weighted by molar-refractivity contribution is 7.80. The molecular formula is C23H20ClN7OS. The summed E-state index contributed by atoms with van der Waals surface area (Å²) in [4.78, 5) is 25.6. The van der Waals surface area contributed by atoms with Crippen molar-refractivity contribution in [2.24, 2.45) is 0 Å². The number of nitrogens with one attached hydrogen (secondary N) is 1. The van der Waals surface area contributed by atoms with Gasteiger partial charge in [0.25, 0.3) is 5.91 Å². The molecule has 0 aliphatic carbocycles. The Morgan fingerprint density at radius 3 is 2.42 bits per heavy atom. The first-order valence-electron chi connectivity index (χ1n) is 10.4. The number of aromatic nitrogens is 4. The average Bonchev–Trinajstić information content (AvgIpc) is 3.29. The average molecular weight is 478 g/mol. The number of halogens is 1. The summed E-state index contributed by atoms with van der Waals surface area (Å²) < 4.78 is 1.82. The van der Waals surface area contributed by atoms with Crippen LogP contribution >= 0.6 is 23.8 Å². The van der Waals surface area contributed by atoms with Crippen LogP contribution < -0.4 is 10.2 Å². The van der Waals surface area contributed by atoms with Crippen molar-refractivity contribution in [3.63, 3.8) is 0 Å². The lowest BCUT2D eigenvalue weighted by Gasteiger charge is -2.36. The Kier molecular flexibility index (Phi) is 5.89. The highest BCUT2D eigenvalue weighted by atomic mass is 35.5. The van der Waals surface area contributed by atoms with Crippen molar-refractivity contribution in [3.05, 3.63) is 77.7 Å². The van der Waals surface area contributed by atoms with E-state index in [2.05, 4.69) is 25.3 Å². The molecule has 2 aromatic carbocycles. The summed E-state index contributed by atoms with van der Waals surface area (Å²) in [7, 11) is 0. The summed E-state index contributed by atoms with van der Waals surface area (Å²) in [6, 6.07) is 16.6. The van der Waals surface area contributed by atoms with Gasteiger partial charge in [0, 0.05) is 36.8 Å². The first kappa shape index (κ1) is 21.3. The third-order valence-electron chi connectivity index (χ3n) is 5.54. The van der Waals surface area contributed by atoms with E-state index in [4.69, 9.17) is 23.8 Å². The van der Waals surface area contributed by atoms with Gasteiger partial charge < -0.3 is 9.80 Å². The molecule has 0 atom stereocenters. The number of carbonyl (C=O) groups excluding carboxylic acids is 1. The molecule has 0 spiro atoms. The molecule has 1 aliphatic heterocycles. The zero-order valence-electron chi connectivity index (χ0n) is 17.6. The fraction of sp³-hybridized carbons (Fsp3) is 0.174. The van der Waals surface area contributed by atoms with Crippen molar-refractivity contribution in [3.8, 4) is 5.69 Å². The van der Waals surface area contributed by atoms with Crippen LogP contribution in [-0.4, -0.2) is 61.8 Å². The van der Waals surface area contributed by atoms with Gasteiger partial charge in [0.05, 0.1) is 17.3 Å². The van der Waals surface area contributed by atoms with E-state index in [0.29, 0.717) is 41.9 Å². The van der Waals surface area contributed by atoms with Crippen LogP contribution in [0.4, 0.5) is 5.82 Å². The molecule has 0 unspecified atom stereocenters. The number of piperazine rings is 1. The number of carbonyl (C=O) groups is 1. The monoisotopic (exact) mass is 477 g/mol. The van der Waals surface area contributed by atoms with Crippen LogP contribution in [-0.2, 0) is 0 Å². The standard InChI is InChI=1S/C23H20ClN7OS/c24-17-8-6-16(7-9-17)22(32)28-23(33)30-12-10-29(11-13-30)20-19-14-27-31(21(19)26-15-25-20)18-4-2-1-3-5-18/h1-9,14-15H,10-13H2,(H,28,32,33). The van der Waals surface area contributed by atoms with Gasteiger partial charge in [0.1, 0.15) is 12.1 Å². The van der Waals surface area contributed by atoms with Gasteiger partial charge in [-0.15, -0.1) is 0 Å². The summed E-state index contributed by atoms with van der Waals surface area (Å²) in [6.07, 6.45) is 3.38. The van der Waals surface area contributed by atoms with E-state index in [1.807, 2.05) is 39.9 Å². The van der Waals surface area contributed by atoms with Crippen molar-refractivity contribution in [1.82, 2.24) is 30.0 Å². The number of para-hydroxylation sites is 1. The number of benzene rings is 2. The molecule has 1 amide bonds. The summed E-state index contributed by atoms with van der Waals surface area (Å²) in [5.41, 5.74) is 2.22. The molecule has 5 rings (SSSR count). The lowest BCUT2D eigenvalue weighted by atomic mass is 10.2. The minimum absolute atomic E-state index is 0.245. The van der Waals surface area contributed by atoms with Gasteiger partial charge >= 0.3 is 0 Å². The minimum atomic E-state index is -0.245. The lowest BCUT2D eigenvalue weighted by Crippen LogP contribution is -2.52. The fourth-order valence-corrected chi connectivity index (χ4v) is 4.21. The normalized spacial score (nSPS) is 13.8. The smallest absolute Gasteiger partial charge is 0.257 e. The SMILES string of the molecule is O=C(NC(=S)N1CCN(c2ncnc3c2cnn3-c2ccccc2)CC1)c1ccc(Cl)cc1. The molecule has 0 saturated carbocycles. The maximum atomic E-state index is 12.5. The molecule has 1 aliphatic rings. The Morgan fingerprint density at radius 2 is 1.70 bits per heavy atom. The van der Waals surface area contributed by atoms with Crippen molar-refractivity contribution in [2.45, 2.75) is 0 Å². The quantitative estimate of drug-likeness (QED) is 0.453. The fourth-order valence-electron chi connectivity index (χ4n) is 3.81. The Balaban J connectivity index is 1.26. The molecule has 1 fully saturated rings. The van der Waals surface area contributed by atoms with E-state index in [-0.39, 0.29) is 5.91 Å². The van der Waals surface area contributed by atoms with Crippen molar-refractivity contribution in [2.75, 3.05) is 31.1 Å². The molecule has 4 aromatic rings. The molecule has 33 heavy (non-hydrogen) atoms. The van der Waals surface area contributed by atoms with Gasteiger partial charge in [-0.2, -0.15) is 5.10 Å². The van der Waals surface area contributed by atoms with Gasteiger partial charge in [-0.25, -0.2) is 14.6 Å². The van der Waals surface area contributed by atoms with E-state index >= 15 is 0 Å². The molecule has 166 valence electrons. The predicted octanol–water partition coefficient (Wildman–Crippen LogP) is 3.31. The number of fused-ring (bicyclic) bond motifs is 1. The van der Waals surface area contributed by atoms with Gasteiger partial charge in [-0.05, 0) is 48.6 Å². The Morgan fingerprint density at radius 1 is 0.970 bits per heavy atom. The Hall–Kier alpha value is -3.56. The van der Waals surface area contributed by atoms with Gasteiger partial charge in [0.2, 0.25) is 0 Å². The van der Waals surface area contributed by atoms with E-state index in [9.17, 15) is 4.79 Å². The zero-order valence-corrected chi connectivity index (χ0v) is 19.1. The molecular weight excluding hydrogens is 458 g/mol. The number of hydrogen-bond acceptors (Lipinski definition) is 6. The number of thiocarbonyl (C=S) groups is 1. The Bertz CT molecular complexity index is 1300. The highest BCUT2D eigenvalue weighted by Gasteiger charge is 2.23. The third-order valence-corrected chi connectivity index (χ3v) is 6.15. The molecule has 8 nitrogen and oxygen atoms in total. The number of hydrogen-bond donors (Lipinski definition) is 1. The minimum Gasteiger partial charge on any atom is -0.352 e. The molecule has 0 bridgehead atoms. The molecule has 1 N–H and O–H groups in total. The molecule has 0 radical (unpaired) electrons. The second-order valence-electron chi connectivity index (χ2n) is 7.57. The maximum absolute atomic E-state index is 12.5. The first-order valence-corrected chi connectivity index (χ1v) is 11.2. The summed E-state index contributed by atoms with van der Waals surface area (Å²) in [5.74, 6) is 0.600. The zero-order chi connectivity index (χ0) is 22.8.